The molecule has 78 valence electrons. The summed E-state index contributed by atoms with van der Waals surface area (Å²) in [6, 6.07) is 5.79. The fourth-order valence-electron chi connectivity index (χ4n) is 1.90. The predicted molar refractivity (Wildman–Crippen MR) is 61.7 cm³/mol. The molecule has 1 aliphatic rings. The quantitative estimate of drug-likeness (QED) is 0.763. The van der Waals surface area contributed by atoms with Crippen molar-refractivity contribution >= 4 is 11.8 Å². The van der Waals surface area contributed by atoms with Gasteiger partial charge in [-0.3, -0.25) is 0 Å². The number of nitriles is 1. The molecule has 0 spiro atoms. The molecule has 0 amide bonds. The second-order valence-electron chi connectivity index (χ2n) is 3.87. The van der Waals surface area contributed by atoms with E-state index in [4.69, 9.17) is 5.26 Å². The third kappa shape index (κ3) is 2.97. The second kappa shape index (κ2) is 5.18. The SMILES string of the molecule is N#Cc1ccnc(SC2CCCCC2)c1. The van der Waals surface area contributed by atoms with Gasteiger partial charge in [-0.05, 0) is 25.0 Å². The van der Waals surface area contributed by atoms with E-state index in [2.05, 4.69) is 11.1 Å². The van der Waals surface area contributed by atoms with E-state index >= 15 is 0 Å². The van der Waals surface area contributed by atoms with Crippen LogP contribution in [0.25, 0.3) is 0 Å². The first-order valence-corrected chi connectivity index (χ1v) is 6.29. The predicted octanol–water partition coefficient (Wildman–Crippen LogP) is 3.38. The lowest BCUT2D eigenvalue weighted by Gasteiger charge is -2.20. The summed E-state index contributed by atoms with van der Waals surface area (Å²) in [4.78, 5) is 4.29. The normalized spacial score (nSPS) is 17.3. The summed E-state index contributed by atoms with van der Waals surface area (Å²) in [5, 5.41) is 10.5. The topological polar surface area (TPSA) is 36.7 Å². The van der Waals surface area contributed by atoms with Crippen LogP contribution in [0.1, 0.15) is 37.7 Å². The fourth-order valence-corrected chi connectivity index (χ4v) is 3.12. The molecule has 0 atom stereocenters. The fraction of sp³-hybridized carbons (Fsp3) is 0.500. The van der Waals surface area contributed by atoms with Crippen molar-refractivity contribution in [3.05, 3.63) is 23.9 Å². The number of hydrogen-bond acceptors (Lipinski definition) is 3. The lowest BCUT2D eigenvalue weighted by Crippen LogP contribution is -2.07. The molecule has 1 aromatic heterocycles. The zero-order chi connectivity index (χ0) is 10.5. The molecular weight excluding hydrogens is 204 g/mol. The van der Waals surface area contributed by atoms with E-state index in [9.17, 15) is 0 Å². The van der Waals surface area contributed by atoms with Crippen LogP contribution in [0.15, 0.2) is 23.4 Å². The van der Waals surface area contributed by atoms with Crippen molar-refractivity contribution in [2.45, 2.75) is 42.4 Å². The van der Waals surface area contributed by atoms with E-state index in [1.54, 1.807) is 12.3 Å². The Morgan fingerprint density at radius 1 is 1.33 bits per heavy atom. The monoisotopic (exact) mass is 218 g/mol. The molecule has 1 aliphatic carbocycles. The molecule has 1 saturated carbocycles. The summed E-state index contributed by atoms with van der Waals surface area (Å²) < 4.78 is 0. The highest BCUT2D eigenvalue weighted by Gasteiger charge is 2.15. The molecule has 1 fully saturated rings. The zero-order valence-electron chi connectivity index (χ0n) is 8.65. The lowest BCUT2D eigenvalue weighted by atomic mass is 10.0. The molecule has 0 bridgehead atoms. The molecule has 1 heterocycles. The van der Waals surface area contributed by atoms with Gasteiger partial charge in [0, 0.05) is 11.4 Å². The number of hydrogen-bond donors (Lipinski definition) is 0. The number of nitrogens with zero attached hydrogens (tertiary/aromatic N) is 2. The van der Waals surface area contributed by atoms with Crippen LogP contribution >= 0.6 is 11.8 Å². The molecule has 0 unspecified atom stereocenters. The largest absolute Gasteiger partial charge is 0.250 e. The van der Waals surface area contributed by atoms with E-state index in [1.165, 1.54) is 32.1 Å². The Kier molecular flexibility index (Phi) is 3.63. The van der Waals surface area contributed by atoms with Crippen molar-refractivity contribution in [3.8, 4) is 6.07 Å². The van der Waals surface area contributed by atoms with Crippen LogP contribution in [-0.2, 0) is 0 Å². The summed E-state index contributed by atoms with van der Waals surface area (Å²) in [5.74, 6) is 0. The van der Waals surface area contributed by atoms with Crippen molar-refractivity contribution in [1.82, 2.24) is 4.98 Å². The first-order valence-electron chi connectivity index (χ1n) is 5.41. The first-order chi connectivity index (χ1) is 7.38. The molecule has 2 rings (SSSR count). The minimum absolute atomic E-state index is 0.709. The summed E-state index contributed by atoms with van der Waals surface area (Å²) >= 11 is 1.83. The van der Waals surface area contributed by atoms with Gasteiger partial charge in [-0.25, -0.2) is 4.98 Å². The Morgan fingerprint density at radius 2 is 2.13 bits per heavy atom. The molecule has 2 nitrogen and oxygen atoms in total. The van der Waals surface area contributed by atoms with Crippen LogP contribution in [0.3, 0.4) is 0 Å². The smallest absolute Gasteiger partial charge is 0.0993 e. The van der Waals surface area contributed by atoms with Crippen LogP contribution in [0.2, 0.25) is 0 Å². The van der Waals surface area contributed by atoms with E-state index in [0.29, 0.717) is 10.8 Å². The average Bonchev–Trinajstić information content (AvgIpc) is 2.31. The van der Waals surface area contributed by atoms with Gasteiger partial charge in [0.25, 0.3) is 0 Å². The molecule has 0 aromatic carbocycles. The Balaban J connectivity index is 2.00. The maximum Gasteiger partial charge on any atom is 0.0993 e. The van der Waals surface area contributed by atoms with Crippen molar-refractivity contribution < 1.29 is 0 Å². The maximum absolute atomic E-state index is 8.78. The number of aromatic nitrogens is 1. The van der Waals surface area contributed by atoms with Gasteiger partial charge in [0.05, 0.1) is 16.7 Å². The zero-order valence-corrected chi connectivity index (χ0v) is 9.46. The van der Waals surface area contributed by atoms with Crippen LogP contribution in [0.5, 0.6) is 0 Å². The summed E-state index contributed by atoms with van der Waals surface area (Å²) in [6.07, 6.45) is 8.38. The van der Waals surface area contributed by atoms with Gasteiger partial charge in [0.2, 0.25) is 0 Å². The van der Waals surface area contributed by atoms with E-state index in [1.807, 2.05) is 17.8 Å². The van der Waals surface area contributed by atoms with Crippen molar-refractivity contribution in [2.75, 3.05) is 0 Å². The number of rotatable bonds is 2. The molecule has 0 aliphatic heterocycles. The summed E-state index contributed by atoms with van der Waals surface area (Å²) in [6.45, 7) is 0. The van der Waals surface area contributed by atoms with Gasteiger partial charge < -0.3 is 0 Å². The van der Waals surface area contributed by atoms with Gasteiger partial charge in [-0.2, -0.15) is 5.26 Å². The first kappa shape index (κ1) is 10.5. The Hall–Kier alpha value is -1.01. The average molecular weight is 218 g/mol. The van der Waals surface area contributed by atoms with Gasteiger partial charge in [-0.15, -0.1) is 11.8 Å². The third-order valence-corrected chi connectivity index (χ3v) is 3.97. The van der Waals surface area contributed by atoms with Crippen molar-refractivity contribution in [3.63, 3.8) is 0 Å². The van der Waals surface area contributed by atoms with Gasteiger partial charge in [-0.1, -0.05) is 19.3 Å². The van der Waals surface area contributed by atoms with E-state index in [-0.39, 0.29) is 0 Å². The minimum atomic E-state index is 0.709. The lowest BCUT2D eigenvalue weighted by molar-refractivity contribution is 0.515. The van der Waals surface area contributed by atoms with Crippen LogP contribution < -0.4 is 0 Å². The van der Waals surface area contributed by atoms with Gasteiger partial charge >= 0.3 is 0 Å². The molecule has 0 saturated heterocycles. The van der Waals surface area contributed by atoms with Crippen LogP contribution in [0.4, 0.5) is 0 Å². The van der Waals surface area contributed by atoms with E-state index in [0.717, 1.165) is 5.03 Å². The summed E-state index contributed by atoms with van der Waals surface area (Å²) in [7, 11) is 0. The molecule has 0 N–H and O–H groups in total. The maximum atomic E-state index is 8.78. The van der Waals surface area contributed by atoms with Crippen molar-refractivity contribution in [1.29, 1.82) is 5.26 Å². The standard InChI is InChI=1S/C12H14N2S/c13-9-10-6-7-14-12(8-10)15-11-4-2-1-3-5-11/h6-8,11H,1-5H2. The third-order valence-electron chi connectivity index (χ3n) is 2.70. The van der Waals surface area contributed by atoms with Crippen LogP contribution in [0, 0.1) is 11.3 Å². The van der Waals surface area contributed by atoms with E-state index < -0.39 is 0 Å². The highest BCUT2D eigenvalue weighted by atomic mass is 32.2. The molecule has 1 aromatic rings. The molecule has 15 heavy (non-hydrogen) atoms. The number of pyridine rings is 1. The minimum Gasteiger partial charge on any atom is -0.250 e. The van der Waals surface area contributed by atoms with Gasteiger partial charge in [0.15, 0.2) is 0 Å². The van der Waals surface area contributed by atoms with Gasteiger partial charge in [0.1, 0.15) is 0 Å². The van der Waals surface area contributed by atoms with Crippen molar-refractivity contribution in [2.24, 2.45) is 0 Å². The van der Waals surface area contributed by atoms with Crippen LogP contribution in [-0.4, -0.2) is 10.2 Å². The molecule has 3 heteroatoms. The highest BCUT2D eigenvalue weighted by Crippen LogP contribution is 2.32. The second-order valence-corrected chi connectivity index (χ2v) is 5.19. The molecular formula is C12H14N2S. The Morgan fingerprint density at radius 3 is 2.87 bits per heavy atom. The highest BCUT2D eigenvalue weighted by molar-refractivity contribution is 7.99. The Bertz CT molecular complexity index is 364. The molecule has 0 radical (unpaired) electrons. The summed E-state index contributed by atoms with van der Waals surface area (Å²) in [5.41, 5.74) is 0.711. The number of thioether (sulfide) groups is 1. The Labute approximate surface area is 94.7 Å².